The molecular formula is C17H25NO4. The van der Waals surface area contributed by atoms with E-state index in [-0.39, 0.29) is 6.04 Å². The Morgan fingerprint density at radius 3 is 2.59 bits per heavy atom. The van der Waals surface area contributed by atoms with Crippen molar-refractivity contribution in [2.24, 2.45) is 5.92 Å². The van der Waals surface area contributed by atoms with Gasteiger partial charge in [-0.05, 0) is 24.3 Å². The van der Waals surface area contributed by atoms with Crippen molar-refractivity contribution in [3.63, 3.8) is 0 Å². The zero-order chi connectivity index (χ0) is 15.5. The van der Waals surface area contributed by atoms with Gasteiger partial charge in [0.05, 0.1) is 31.0 Å². The van der Waals surface area contributed by atoms with Gasteiger partial charge in [0.25, 0.3) is 0 Å². The van der Waals surface area contributed by atoms with E-state index in [1.165, 1.54) is 0 Å². The van der Waals surface area contributed by atoms with Crippen molar-refractivity contribution in [2.75, 3.05) is 19.7 Å². The molecule has 22 heavy (non-hydrogen) atoms. The van der Waals surface area contributed by atoms with Crippen LogP contribution in [0.1, 0.15) is 18.4 Å². The summed E-state index contributed by atoms with van der Waals surface area (Å²) in [4.78, 5) is 2.02. The SMILES string of the molecule is O[C@H]1[C@H]2[C@H](O)C[C@H](CCOCc3ccccc3)CN2C[C@H]1O. The van der Waals surface area contributed by atoms with Crippen LogP contribution in [0.5, 0.6) is 0 Å². The molecule has 5 heteroatoms. The molecule has 0 spiro atoms. The third-order valence-electron chi connectivity index (χ3n) is 4.83. The molecule has 2 aliphatic rings. The maximum absolute atomic E-state index is 10.2. The minimum absolute atomic E-state index is 0.309. The standard InChI is InChI=1S/C17H25NO4/c19-14-8-13(9-18-10-15(20)17(21)16(14)18)6-7-22-11-12-4-2-1-3-5-12/h1-5,13-17,19-21H,6-11H2/t13-,14+,15+,16+,17+/m0/s1. The number of piperidine rings is 1. The molecule has 0 radical (unpaired) electrons. The van der Waals surface area contributed by atoms with E-state index in [0.29, 0.717) is 32.1 Å². The Hall–Kier alpha value is -0.980. The summed E-state index contributed by atoms with van der Waals surface area (Å²) >= 11 is 0. The maximum Gasteiger partial charge on any atom is 0.0991 e. The highest BCUT2D eigenvalue weighted by atomic mass is 16.5. The molecule has 2 saturated heterocycles. The molecule has 1 aromatic rings. The van der Waals surface area contributed by atoms with Gasteiger partial charge in [0.2, 0.25) is 0 Å². The van der Waals surface area contributed by atoms with Gasteiger partial charge in [0, 0.05) is 19.7 Å². The van der Waals surface area contributed by atoms with Gasteiger partial charge in [-0.2, -0.15) is 0 Å². The fraction of sp³-hybridized carbons (Fsp3) is 0.647. The van der Waals surface area contributed by atoms with Crippen molar-refractivity contribution < 1.29 is 20.1 Å². The normalized spacial score (nSPS) is 35.5. The molecule has 0 aliphatic carbocycles. The van der Waals surface area contributed by atoms with Gasteiger partial charge in [0.15, 0.2) is 0 Å². The average Bonchev–Trinajstić information content (AvgIpc) is 2.80. The van der Waals surface area contributed by atoms with Gasteiger partial charge in [-0.3, -0.25) is 4.90 Å². The Labute approximate surface area is 131 Å². The van der Waals surface area contributed by atoms with Gasteiger partial charge in [0.1, 0.15) is 0 Å². The molecule has 3 N–H and O–H groups in total. The summed E-state index contributed by atoms with van der Waals surface area (Å²) in [6.07, 6.45) is -0.586. The van der Waals surface area contributed by atoms with Crippen LogP contribution in [0.4, 0.5) is 0 Å². The lowest BCUT2D eigenvalue weighted by molar-refractivity contribution is -0.0473. The molecule has 0 aromatic heterocycles. The van der Waals surface area contributed by atoms with Crippen molar-refractivity contribution in [3.8, 4) is 0 Å². The van der Waals surface area contributed by atoms with Gasteiger partial charge >= 0.3 is 0 Å². The number of hydrogen-bond donors (Lipinski definition) is 3. The second kappa shape index (κ2) is 7.06. The Balaban J connectivity index is 1.43. The molecule has 3 rings (SSSR count). The third kappa shape index (κ3) is 3.50. The Morgan fingerprint density at radius 2 is 1.82 bits per heavy atom. The lowest BCUT2D eigenvalue weighted by Crippen LogP contribution is -2.52. The first kappa shape index (κ1) is 15.9. The first-order chi connectivity index (χ1) is 10.6. The van der Waals surface area contributed by atoms with Crippen LogP contribution in [0.25, 0.3) is 0 Å². The molecule has 1 aromatic carbocycles. The molecule has 0 bridgehead atoms. The molecule has 5 nitrogen and oxygen atoms in total. The molecule has 0 saturated carbocycles. The van der Waals surface area contributed by atoms with Crippen LogP contribution in [0.15, 0.2) is 30.3 Å². The number of aliphatic hydroxyl groups is 3. The smallest absolute Gasteiger partial charge is 0.0991 e. The van der Waals surface area contributed by atoms with Crippen molar-refractivity contribution in [3.05, 3.63) is 35.9 Å². The molecule has 0 amide bonds. The second-order valence-electron chi connectivity index (χ2n) is 6.50. The average molecular weight is 307 g/mol. The van der Waals surface area contributed by atoms with E-state index >= 15 is 0 Å². The van der Waals surface area contributed by atoms with Gasteiger partial charge < -0.3 is 20.1 Å². The summed E-state index contributed by atoms with van der Waals surface area (Å²) in [6.45, 7) is 2.53. The van der Waals surface area contributed by atoms with Crippen molar-refractivity contribution in [1.29, 1.82) is 0 Å². The number of hydrogen-bond acceptors (Lipinski definition) is 5. The van der Waals surface area contributed by atoms with Crippen LogP contribution in [0, 0.1) is 5.92 Å². The van der Waals surface area contributed by atoms with E-state index in [4.69, 9.17) is 4.74 Å². The first-order valence-corrected chi connectivity index (χ1v) is 8.05. The van der Waals surface area contributed by atoms with E-state index < -0.39 is 18.3 Å². The summed E-state index contributed by atoms with van der Waals surface area (Å²) in [5.74, 6) is 0.347. The second-order valence-corrected chi connectivity index (χ2v) is 6.50. The highest BCUT2D eigenvalue weighted by molar-refractivity contribution is 5.13. The fourth-order valence-electron chi connectivity index (χ4n) is 3.69. The summed E-state index contributed by atoms with van der Waals surface area (Å²) in [7, 11) is 0. The lowest BCUT2D eigenvalue weighted by atomic mass is 9.88. The third-order valence-corrected chi connectivity index (χ3v) is 4.83. The van der Waals surface area contributed by atoms with Gasteiger partial charge in [-0.15, -0.1) is 0 Å². The topological polar surface area (TPSA) is 73.2 Å². The van der Waals surface area contributed by atoms with Crippen LogP contribution in [-0.4, -0.2) is 64.3 Å². The van der Waals surface area contributed by atoms with Crippen LogP contribution < -0.4 is 0 Å². The first-order valence-electron chi connectivity index (χ1n) is 8.05. The molecule has 122 valence electrons. The van der Waals surface area contributed by atoms with Crippen LogP contribution in [-0.2, 0) is 11.3 Å². The molecule has 5 atom stereocenters. The van der Waals surface area contributed by atoms with Gasteiger partial charge in [-0.1, -0.05) is 30.3 Å². The van der Waals surface area contributed by atoms with E-state index in [1.54, 1.807) is 0 Å². The Morgan fingerprint density at radius 1 is 1.05 bits per heavy atom. The molecule has 2 fully saturated rings. The minimum atomic E-state index is -0.828. The number of fused-ring (bicyclic) bond motifs is 1. The summed E-state index contributed by atoms with van der Waals surface area (Å²) in [5, 5.41) is 29.9. The Bertz CT molecular complexity index is 469. The fourth-order valence-corrected chi connectivity index (χ4v) is 3.69. The summed E-state index contributed by atoms with van der Waals surface area (Å²) < 4.78 is 5.71. The number of benzene rings is 1. The van der Waals surface area contributed by atoms with E-state index in [9.17, 15) is 15.3 Å². The van der Waals surface area contributed by atoms with Crippen molar-refractivity contribution in [1.82, 2.24) is 4.90 Å². The largest absolute Gasteiger partial charge is 0.391 e. The predicted molar refractivity (Wildman–Crippen MR) is 82.2 cm³/mol. The molecule has 2 aliphatic heterocycles. The predicted octanol–water partition coefficient (Wildman–Crippen LogP) is 0.380. The molecule has 2 heterocycles. The maximum atomic E-state index is 10.2. The summed E-state index contributed by atoms with van der Waals surface area (Å²) in [6, 6.07) is 9.77. The lowest BCUT2D eigenvalue weighted by Gasteiger charge is -2.39. The van der Waals surface area contributed by atoms with Crippen LogP contribution in [0.3, 0.4) is 0 Å². The molecular weight excluding hydrogens is 282 g/mol. The zero-order valence-corrected chi connectivity index (χ0v) is 12.7. The van der Waals surface area contributed by atoms with Crippen LogP contribution in [0.2, 0.25) is 0 Å². The van der Waals surface area contributed by atoms with E-state index in [2.05, 4.69) is 0 Å². The van der Waals surface area contributed by atoms with Crippen LogP contribution >= 0.6 is 0 Å². The van der Waals surface area contributed by atoms with Gasteiger partial charge in [-0.25, -0.2) is 0 Å². The monoisotopic (exact) mass is 307 g/mol. The number of rotatable bonds is 5. The van der Waals surface area contributed by atoms with Crippen molar-refractivity contribution in [2.45, 2.75) is 43.8 Å². The highest BCUT2D eigenvalue weighted by Gasteiger charge is 2.47. The van der Waals surface area contributed by atoms with E-state index in [1.807, 2.05) is 35.2 Å². The van der Waals surface area contributed by atoms with E-state index in [0.717, 1.165) is 18.5 Å². The minimum Gasteiger partial charge on any atom is -0.391 e. The number of aliphatic hydroxyl groups excluding tert-OH is 3. The summed E-state index contributed by atoms with van der Waals surface area (Å²) in [5.41, 5.74) is 1.16. The number of ether oxygens (including phenoxy) is 1. The highest BCUT2D eigenvalue weighted by Crippen LogP contribution is 2.32. The zero-order valence-electron chi connectivity index (χ0n) is 12.7. The quantitative estimate of drug-likeness (QED) is 0.686. The van der Waals surface area contributed by atoms with Crippen molar-refractivity contribution >= 4 is 0 Å². The number of nitrogens with zero attached hydrogens (tertiary/aromatic N) is 1. The molecule has 0 unspecified atom stereocenters. The Kier molecular flexibility index (Phi) is 5.10.